The number of ether oxygens (including phenoxy) is 2. The summed E-state index contributed by atoms with van der Waals surface area (Å²) in [5.41, 5.74) is 2.54. The van der Waals surface area contributed by atoms with Crippen molar-refractivity contribution in [3.63, 3.8) is 0 Å². The Morgan fingerprint density at radius 2 is 2.00 bits per heavy atom. The highest BCUT2D eigenvalue weighted by Gasteiger charge is 2.23. The molecule has 8 nitrogen and oxygen atoms in total. The third-order valence-corrected chi connectivity index (χ3v) is 6.78. The van der Waals surface area contributed by atoms with E-state index in [4.69, 9.17) is 9.47 Å². The first-order chi connectivity index (χ1) is 15.5. The van der Waals surface area contributed by atoms with Crippen molar-refractivity contribution in [1.82, 2.24) is 14.5 Å². The Labute approximate surface area is 193 Å². The zero-order valence-corrected chi connectivity index (χ0v) is 20.1. The van der Waals surface area contributed by atoms with E-state index in [0.717, 1.165) is 50.2 Å². The predicted octanol–water partition coefficient (Wildman–Crippen LogP) is 2.82. The molecule has 0 aliphatic heterocycles. The van der Waals surface area contributed by atoms with Crippen LogP contribution < -0.4 is 20.5 Å². The van der Waals surface area contributed by atoms with Crippen LogP contribution in [-0.4, -0.2) is 60.0 Å². The van der Waals surface area contributed by atoms with Crippen molar-refractivity contribution >= 4 is 23.4 Å². The molecule has 3 rings (SSSR count). The second-order valence-electron chi connectivity index (χ2n) is 7.56. The number of likely N-dealkylation sites (N-methyl/N-ethyl adjacent to an activating group) is 1. The molecule has 0 spiro atoms. The highest BCUT2D eigenvalue weighted by Crippen LogP contribution is 2.31. The smallest absolute Gasteiger partial charge is 0.348 e. The number of nitrogens with one attached hydrogen (secondary N) is 1. The van der Waals surface area contributed by atoms with Crippen LogP contribution in [0.4, 0.5) is 5.69 Å². The van der Waals surface area contributed by atoms with E-state index in [1.165, 1.54) is 11.8 Å². The predicted molar refractivity (Wildman–Crippen MR) is 127 cm³/mol. The number of thioether (sulfide) groups is 1. The van der Waals surface area contributed by atoms with Crippen molar-refractivity contribution in [3.8, 4) is 11.5 Å². The monoisotopic (exact) mass is 460 g/mol. The minimum atomic E-state index is -0.225. The van der Waals surface area contributed by atoms with E-state index in [2.05, 4.69) is 29.0 Å². The average molecular weight is 461 g/mol. The van der Waals surface area contributed by atoms with Crippen LogP contribution in [-0.2, 0) is 24.2 Å². The Kier molecular flexibility index (Phi) is 8.58. The largest absolute Gasteiger partial charge is 0.497 e. The van der Waals surface area contributed by atoms with E-state index >= 15 is 0 Å². The number of benzene rings is 1. The molecule has 0 saturated carbocycles. The van der Waals surface area contributed by atoms with Gasteiger partial charge in [0.05, 0.1) is 25.7 Å². The second kappa shape index (κ2) is 11.4. The summed E-state index contributed by atoms with van der Waals surface area (Å²) in [4.78, 5) is 32.0. The van der Waals surface area contributed by atoms with Gasteiger partial charge in [-0.1, -0.05) is 25.6 Å². The topological polar surface area (TPSA) is 85.7 Å². The Hall–Kier alpha value is -2.52. The van der Waals surface area contributed by atoms with Gasteiger partial charge >= 0.3 is 5.69 Å². The fraction of sp³-hybridized carbons (Fsp3) is 0.522. The lowest BCUT2D eigenvalue weighted by molar-refractivity contribution is -0.113. The van der Waals surface area contributed by atoms with E-state index in [9.17, 15) is 9.59 Å². The molecule has 0 unspecified atom stereocenters. The molecule has 0 radical (unpaired) electrons. The number of anilines is 1. The molecule has 1 N–H and O–H groups in total. The quantitative estimate of drug-likeness (QED) is 0.408. The van der Waals surface area contributed by atoms with E-state index in [-0.39, 0.29) is 17.3 Å². The van der Waals surface area contributed by atoms with Gasteiger partial charge in [0.25, 0.3) is 0 Å². The van der Waals surface area contributed by atoms with Gasteiger partial charge in [-0.05, 0) is 44.5 Å². The van der Waals surface area contributed by atoms with Gasteiger partial charge in [-0.15, -0.1) is 0 Å². The van der Waals surface area contributed by atoms with Crippen molar-refractivity contribution < 1.29 is 14.3 Å². The number of aromatic nitrogens is 2. The van der Waals surface area contributed by atoms with E-state index in [0.29, 0.717) is 28.8 Å². The summed E-state index contributed by atoms with van der Waals surface area (Å²) in [5.74, 6) is 1.16. The molecule has 0 bridgehead atoms. The maximum Gasteiger partial charge on any atom is 0.348 e. The number of hydrogen-bond donors (Lipinski definition) is 1. The van der Waals surface area contributed by atoms with E-state index in [1.54, 1.807) is 32.4 Å². The minimum Gasteiger partial charge on any atom is -0.497 e. The summed E-state index contributed by atoms with van der Waals surface area (Å²) in [5, 5.41) is 3.54. The van der Waals surface area contributed by atoms with Gasteiger partial charge in [0.2, 0.25) is 5.91 Å². The molecule has 9 heteroatoms. The molecule has 1 aliphatic carbocycles. The fourth-order valence-electron chi connectivity index (χ4n) is 3.94. The van der Waals surface area contributed by atoms with Gasteiger partial charge < -0.3 is 19.7 Å². The lowest BCUT2D eigenvalue weighted by Gasteiger charge is -2.20. The van der Waals surface area contributed by atoms with Crippen LogP contribution in [0.1, 0.15) is 31.5 Å². The van der Waals surface area contributed by atoms with Crippen molar-refractivity contribution in [1.29, 1.82) is 0 Å². The molecule has 0 saturated heterocycles. The zero-order chi connectivity index (χ0) is 23.1. The van der Waals surface area contributed by atoms with Gasteiger partial charge in [0.15, 0.2) is 0 Å². The molecule has 0 atom stereocenters. The Morgan fingerprint density at radius 3 is 2.69 bits per heavy atom. The molecule has 1 aromatic carbocycles. The highest BCUT2D eigenvalue weighted by molar-refractivity contribution is 8.00. The normalized spacial score (nSPS) is 12.7. The summed E-state index contributed by atoms with van der Waals surface area (Å²) in [7, 11) is 3.12. The van der Waals surface area contributed by atoms with Crippen LogP contribution in [0.25, 0.3) is 0 Å². The lowest BCUT2D eigenvalue weighted by atomic mass is 10.2. The van der Waals surface area contributed by atoms with Crippen LogP contribution in [0.2, 0.25) is 0 Å². The highest BCUT2D eigenvalue weighted by atomic mass is 32.2. The number of fused-ring (bicyclic) bond motifs is 1. The third-order valence-electron chi connectivity index (χ3n) is 5.76. The van der Waals surface area contributed by atoms with Gasteiger partial charge in [0.1, 0.15) is 16.5 Å². The summed E-state index contributed by atoms with van der Waals surface area (Å²) in [6.07, 6.45) is 2.78. The molecule has 1 aromatic heterocycles. The Morgan fingerprint density at radius 1 is 1.22 bits per heavy atom. The molecular weight excluding hydrogens is 428 g/mol. The van der Waals surface area contributed by atoms with Crippen molar-refractivity contribution in [3.05, 3.63) is 39.9 Å². The first kappa shape index (κ1) is 24.1. The maximum absolute atomic E-state index is 12.8. The van der Waals surface area contributed by atoms with E-state index < -0.39 is 0 Å². The van der Waals surface area contributed by atoms with Crippen molar-refractivity contribution in [2.24, 2.45) is 0 Å². The van der Waals surface area contributed by atoms with Crippen LogP contribution in [0.15, 0.2) is 28.0 Å². The standard InChI is InChI=1S/C23H32N4O4S/c1-5-26(6-2)12-13-27-19-9-7-8-17(19)22(25-23(27)29)32-15-21(28)24-18-11-10-16(30-3)14-20(18)31-4/h10-11,14H,5-9,12-13,15H2,1-4H3,(H,24,28). The molecule has 1 amide bonds. The second-order valence-corrected chi connectivity index (χ2v) is 8.52. The number of carbonyl (C=O) groups excluding carboxylic acids is 1. The summed E-state index contributed by atoms with van der Waals surface area (Å²) >= 11 is 1.32. The van der Waals surface area contributed by atoms with Crippen molar-refractivity contribution in [2.45, 2.75) is 44.7 Å². The number of carbonyl (C=O) groups is 1. The summed E-state index contributed by atoms with van der Waals surface area (Å²) < 4.78 is 12.4. The van der Waals surface area contributed by atoms with Crippen molar-refractivity contribution in [2.75, 3.05) is 44.9 Å². The minimum absolute atomic E-state index is 0.164. The molecule has 2 aromatic rings. The van der Waals surface area contributed by atoms with Gasteiger partial charge in [-0.25, -0.2) is 4.79 Å². The van der Waals surface area contributed by atoms with Crippen LogP contribution in [0.5, 0.6) is 11.5 Å². The number of amides is 1. The molecule has 174 valence electrons. The fourth-order valence-corrected chi connectivity index (χ4v) is 4.82. The summed E-state index contributed by atoms with van der Waals surface area (Å²) in [6, 6.07) is 5.22. The molecule has 32 heavy (non-hydrogen) atoms. The van der Waals surface area contributed by atoms with Crippen LogP contribution in [0.3, 0.4) is 0 Å². The van der Waals surface area contributed by atoms with Gasteiger partial charge in [0, 0.05) is 30.4 Å². The van der Waals surface area contributed by atoms with Gasteiger partial charge in [-0.2, -0.15) is 4.98 Å². The molecular formula is C23H32N4O4S. The average Bonchev–Trinajstić information content (AvgIpc) is 3.29. The first-order valence-corrected chi connectivity index (χ1v) is 12.0. The Balaban J connectivity index is 1.69. The zero-order valence-electron chi connectivity index (χ0n) is 19.3. The van der Waals surface area contributed by atoms with Gasteiger partial charge in [-0.3, -0.25) is 9.36 Å². The molecule has 1 heterocycles. The lowest BCUT2D eigenvalue weighted by Crippen LogP contribution is -2.34. The van der Waals surface area contributed by atoms with Crippen LogP contribution >= 0.6 is 11.8 Å². The first-order valence-electron chi connectivity index (χ1n) is 11.0. The van der Waals surface area contributed by atoms with Crippen LogP contribution in [0, 0.1) is 0 Å². The molecule has 0 fully saturated rings. The van der Waals surface area contributed by atoms with E-state index in [1.807, 2.05) is 4.57 Å². The maximum atomic E-state index is 12.8. The molecule has 1 aliphatic rings. The number of rotatable bonds is 11. The Bertz CT molecular complexity index is 1000. The third kappa shape index (κ3) is 5.63. The number of nitrogens with zero attached hydrogens (tertiary/aromatic N) is 3. The SMILES string of the molecule is CCN(CC)CCn1c2c(c(SCC(=O)Nc3ccc(OC)cc3OC)nc1=O)CCC2. The number of methoxy groups -OCH3 is 2. The summed E-state index contributed by atoms with van der Waals surface area (Å²) in [6.45, 7) is 7.66. The number of hydrogen-bond acceptors (Lipinski definition) is 7.